The third-order valence-electron chi connectivity index (χ3n) is 8.68. The first-order valence-electron chi connectivity index (χ1n) is 23.6. The molecular weight excluding hydrogens is 1230 g/mol. The van der Waals surface area contributed by atoms with Crippen LogP contribution in [0.3, 0.4) is 0 Å². The maximum atomic E-state index is 12.0. The van der Waals surface area contributed by atoms with Gasteiger partial charge < -0.3 is 36.3 Å². The molecule has 8 N–H and O–H groups in total. The molecule has 0 fully saturated rings. The predicted octanol–water partition coefficient (Wildman–Crippen LogP) is 5.87. The van der Waals surface area contributed by atoms with Crippen LogP contribution >= 0.6 is 36.2 Å². The van der Waals surface area contributed by atoms with Crippen molar-refractivity contribution in [3.63, 3.8) is 0 Å². The molecule has 2 atom stereocenters. The predicted molar refractivity (Wildman–Crippen MR) is 336 cm³/mol. The summed E-state index contributed by atoms with van der Waals surface area (Å²) in [5.41, 5.74) is 8.98. The summed E-state index contributed by atoms with van der Waals surface area (Å²) < 4.78 is 15.1. The molecule has 0 aromatic carbocycles. The van der Waals surface area contributed by atoms with E-state index in [1.165, 1.54) is 24.3 Å². The number of nitrogens with two attached hydrogens (primary N) is 2. The molecule has 7 amide bonds. The fourth-order valence-corrected chi connectivity index (χ4v) is 7.31. The van der Waals surface area contributed by atoms with Crippen molar-refractivity contribution in [1.29, 1.82) is 0 Å². The number of carbonyl (C=O) groups is 11. The van der Waals surface area contributed by atoms with E-state index in [4.69, 9.17) is 37.5 Å². The summed E-state index contributed by atoms with van der Waals surface area (Å²) in [6.45, 7) is 17.4. The molecule has 0 aromatic heterocycles. The minimum Gasteiger partial charge on any atom is -0.459 e. The Hall–Kier alpha value is -3.27. The standard InChI is InChI=1S/C19H28N3O6PS.C14H23N5O4.2C6H11O2PS.3CH4.P2S2/c1-19(2,3)28-17(26)12-21-13(18(27)29-30)6-4-5-10-20-14(23)9-11-22-15(24)7-8-16(22)25;15-9-18-10(14(16)23)3-1-2-7-17-11(20)6-8-19-12(21)4-5-13(19)22;2*1-6(2,3)8-5(7)4-9-10;;;;3-1-2-4/h7-8,13,21H,4-6,9-12H2,1-3H3,(H,20,23);4-5,10,18H,1-3,6-9,15H2,(H2,16,23)(H,17,20);2*4H2,1-3H3;3*1H4;. The average molecular weight is 1310 g/mol. The van der Waals surface area contributed by atoms with Gasteiger partial charge >= 0.3 is 17.9 Å². The molecule has 22 nitrogen and oxygen atoms in total. The zero-order chi connectivity index (χ0) is 59.8. The molecule has 0 aliphatic carbocycles. The molecule has 0 aromatic rings. The second-order valence-corrected chi connectivity index (χ2v) is 26.9. The Kier molecular flexibility index (Phi) is 55.3. The van der Waals surface area contributed by atoms with Gasteiger partial charge in [0.25, 0.3) is 23.6 Å². The molecule has 32 heteroatoms. The van der Waals surface area contributed by atoms with Crippen LogP contribution in [-0.4, -0.2) is 155 Å². The third kappa shape index (κ3) is 51.6. The number of hydrogen-bond donors (Lipinski definition) is 6. The number of rotatable bonds is 29. The number of hydrogen-bond acceptors (Lipinski definition) is 22. The van der Waals surface area contributed by atoms with Crippen molar-refractivity contribution in [1.82, 2.24) is 31.1 Å². The van der Waals surface area contributed by atoms with E-state index < -0.39 is 53.2 Å². The van der Waals surface area contributed by atoms with Gasteiger partial charge in [0.1, 0.15) is 16.8 Å². The Bertz CT molecular complexity index is 2040. The molecule has 2 aliphatic heterocycles. The number of carbonyl (C=O) groups excluding carboxylic acids is 11. The number of ether oxygens (including phenoxy) is 3. The second-order valence-electron chi connectivity index (χ2n) is 18.7. The van der Waals surface area contributed by atoms with E-state index in [1.54, 1.807) is 20.8 Å². The van der Waals surface area contributed by atoms with Gasteiger partial charge in [-0.2, -0.15) is 0 Å². The van der Waals surface area contributed by atoms with Crippen molar-refractivity contribution in [2.24, 2.45) is 11.5 Å². The highest BCUT2D eigenvalue weighted by Gasteiger charge is 2.25. The van der Waals surface area contributed by atoms with Crippen molar-refractivity contribution in [2.75, 3.05) is 51.7 Å². The van der Waals surface area contributed by atoms with Crippen molar-refractivity contribution in [3.8, 4) is 0 Å². The Labute approximate surface area is 507 Å². The van der Waals surface area contributed by atoms with Crippen LogP contribution in [0.25, 0.3) is 0 Å². The zero-order valence-electron chi connectivity index (χ0n) is 44.8. The normalized spacial score (nSPS) is 13.2. The molecule has 0 saturated heterocycles. The first-order valence-corrected chi connectivity index (χ1v) is 34.3. The van der Waals surface area contributed by atoms with Crippen molar-refractivity contribution < 1.29 is 67.0 Å². The summed E-state index contributed by atoms with van der Waals surface area (Å²) in [6, 6.07) is -1.01. The van der Waals surface area contributed by atoms with Gasteiger partial charge in [-0.15, -0.1) is 0 Å². The molecule has 0 spiro atoms. The summed E-state index contributed by atoms with van der Waals surface area (Å²) in [6.07, 6.45) is 9.12. The molecule has 0 bridgehead atoms. The van der Waals surface area contributed by atoms with Crippen LogP contribution in [0, 0.1) is 0 Å². The van der Waals surface area contributed by atoms with Gasteiger partial charge in [-0.05, 0) is 151 Å². The lowest BCUT2D eigenvalue weighted by Crippen LogP contribution is -2.43. The van der Waals surface area contributed by atoms with E-state index >= 15 is 0 Å². The quantitative estimate of drug-likeness (QED) is 0.0127. The molecule has 2 rings (SSSR count). The van der Waals surface area contributed by atoms with Crippen molar-refractivity contribution in [3.05, 3.63) is 24.3 Å². The fourth-order valence-electron chi connectivity index (χ4n) is 5.61. The van der Waals surface area contributed by atoms with Gasteiger partial charge in [-0.3, -0.25) is 73.2 Å². The van der Waals surface area contributed by atoms with E-state index in [9.17, 15) is 52.7 Å². The van der Waals surface area contributed by atoms with Crippen LogP contribution in [0.5, 0.6) is 0 Å². The van der Waals surface area contributed by atoms with Crippen molar-refractivity contribution in [2.45, 2.75) is 165 Å². The van der Waals surface area contributed by atoms with Crippen molar-refractivity contribution >= 4 is 160 Å². The number of primary amides is 1. The molecule has 80 heavy (non-hydrogen) atoms. The summed E-state index contributed by atoms with van der Waals surface area (Å²) in [4.78, 5) is 127. The first-order chi connectivity index (χ1) is 35.8. The Morgan fingerprint density at radius 2 is 0.887 bits per heavy atom. The van der Waals surface area contributed by atoms with E-state index in [-0.39, 0.29) is 109 Å². The number of nitrogens with one attached hydrogen (secondary N) is 4. The average Bonchev–Trinajstić information content (AvgIpc) is 3.82. The highest BCUT2D eigenvalue weighted by atomic mass is 32.7. The minimum absolute atomic E-state index is 0. The molecular formula is C48H85N8O14P5S5. The largest absolute Gasteiger partial charge is 0.459 e. The Balaban J connectivity index is -0.000000241. The smallest absolute Gasteiger partial charge is 0.320 e. The molecule has 2 unspecified atom stereocenters. The lowest BCUT2D eigenvalue weighted by molar-refractivity contribution is -0.154. The van der Waals surface area contributed by atoms with Crippen LogP contribution in [-0.2, 0) is 126 Å². The number of nitrogens with zero attached hydrogens (tertiary/aromatic N) is 2. The monoisotopic (exact) mass is 1310 g/mol. The summed E-state index contributed by atoms with van der Waals surface area (Å²) >= 11 is 22.8. The van der Waals surface area contributed by atoms with Crippen LogP contribution in [0.4, 0.5) is 0 Å². The molecule has 0 saturated carbocycles. The summed E-state index contributed by atoms with van der Waals surface area (Å²) in [5.74, 6) is -3.45. The van der Waals surface area contributed by atoms with Crippen LogP contribution < -0.4 is 32.7 Å². The van der Waals surface area contributed by atoms with Crippen LogP contribution in [0.1, 0.15) is 136 Å². The molecule has 2 aliphatic rings. The molecule has 0 radical (unpaired) electrons. The van der Waals surface area contributed by atoms with E-state index in [2.05, 4.69) is 68.5 Å². The Morgan fingerprint density at radius 3 is 1.18 bits per heavy atom. The molecule has 456 valence electrons. The number of unbranched alkanes of at least 4 members (excludes halogenated alkanes) is 2. The van der Waals surface area contributed by atoms with E-state index in [0.717, 1.165) is 23.9 Å². The lowest BCUT2D eigenvalue weighted by Gasteiger charge is -2.21. The second kappa shape index (κ2) is 50.3. The van der Waals surface area contributed by atoms with E-state index in [0.29, 0.717) is 78.7 Å². The number of imide groups is 2. The maximum absolute atomic E-state index is 12.0. The van der Waals surface area contributed by atoms with Gasteiger partial charge in [0, 0.05) is 84.1 Å². The Morgan fingerprint density at radius 1 is 0.550 bits per heavy atom. The van der Waals surface area contributed by atoms with Gasteiger partial charge in [-0.25, -0.2) is 0 Å². The number of amides is 7. The first kappa shape index (κ1) is 88.0. The fraction of sp³-hybridized carbons (Fsp3) is 0.688. The zero-order valence-corrected chi connectivity index (χ0v) is 53.4. The van der Waals surface area contributed by atoms with Gasteiger partial charge in [0.05, 0.1) is 38.3 Å². The van der Waals surface area contributed by atoms with Gasteiger partial charge in [0.15, 0.2) is 0 Å². The van der Waals surface area contributed by atoms with E-state index in [1.807, 2.05) is 41.5 Å². The van der Waals surface area contributed by atoms with Crippen LogP contribution in [0.15, 0.2) is 24.3 Å². The van der Waals surface area contributed by atoms with Gasteiger partial charge in [-0.1, -0.05) is 45.9 Å². The maximum Gasteiger partial charge on any atom is 0.320 e. The summed E-state index contributed by atoms with van der Waals surface area (Å²) in [5, 5.41) is 11.1. The topological polar surface area (TPSA) is 322 Å². The third-order valence-corrected chi connectivity index (χ3v) is 13.9. The SMILES string of the molecule is C.C.C.CC(C)(C)OC(=O)CNC(CCCCNC(=O)CCN1C(=O)C=CC1=O)C(=O)P=S.CC(C)(C)OC(=O)CP=S.CC(C)(C)OC(=O)CP=S.NCNC(CCCCNC(=O)CCN1C(=O)C=CC1=O)C(N)=O.S=PP=S. The molecule has 2 heterocycles. The highest BCUT2D eigenvalue weighted by Crippen LogP contribution is 2.13. The van der Waals surface area contributed by atoms with Gasteiger partial charge in [0.2, 0.25) is 23.2 Å². The lowest BCUT2D eigenvalue weighted by atomic mass is 10.1. The number of esters is 3. The van der Waals surface area contributed by atoms with Crippen LogP contribution in [0.2, 0.25) is 0 Å². The minimum atomic E-state index is -0.599. The summed E-state index contributed by atoms with van der Waals surface area (Å²) in [7, 11) is 3.22. The highest BCUT2D eigenvalue weighted by molar-refractivity contribution is 8.40.